The van der Waals surface area contributed by atoms with Crippen LogP contribution in [0.25, 0.3) is 0 Å². The van der Waals surface area contributed by atoms with Crippen molar-refractivity contribution < 1.29 is 32.8 Å². The summed E-state index contributed by atoms with van der Waals surface area (Å²) in [4.78, 5) is 41.9. The van der Waals surface area contributed by atoms with E-state index in [-0.39, 0.29) is 25.2 Å². The summed E-state index contributed by atoms with van der Waals surface area (Å²) < 4.78 is 29.8. The fourth-order valence-corrected chi connectivity index (χ4v) is 4.17. The van der Waals surface area contributed by atoms with Crippen LogP contribution in [0.4, 0.5) is 10.2 Å². The molecular formula is C30H37FN4O6. The van der Waals surface area contributed by atoms with Crippen LogP contribution in [0.1, 0.15) is 63.0 Å². The Bertz CT molecular complexity index is 1360. The molecule has 0 aliphatic rings. The van der Waals surface area contributed by atoms with Gasteiger partial charge in [-0.3, -0.25) is 14.4 Å². The molecule has 220 valence electrons. The molecule has 10 nitrogen and oxygen atoms in total. The maximum absolute atomic E-state index is 14.0. The molecule has 1 heterocycles. The molecule has 0 bridgehead atoms. The first-order chi connectivity index (χ1) is 19.5. The SMILES string of the molecule is CCC(C)(C)NC(=O)[C@@H](c1cccc(OC)c1OC)N(Cc1ccc(F)cc1)C(=O)CCC(=O)Nc1cc(C)on1. The average Bonchev–Trinajstić information content (AvgIpc) is 3.35. The summed E-state index contributed by atoms with van der Waals surface area (Å²) in [7, 11) is 2.93. The summed E-state index contributed by atoms with van der Waals surface area (Å²) in [6, 6.07) is 11.1. The van der Waals surface area contributed by atoms with Gasteiger partial charge < -0.3 is 29.5 Å². The Balaban J connectivity index is 2.03. The van der Waals surface area contributed by atoms with E-state index in [0.29, 0.717) is 34.8 Å². The van der Waals surface area contributed by atoms with Crippen molar-refractivity contribution in [3.8, 4) is 11.5 Å². The van der Waals surface area contributed by atoms with Gasteiger partial charge in [-0.05, 0) is 51.0 Å². The maximum atomic E-state index is 14.0. The highest BCUT2D eigenvalue weighted by molar-refractivity contribution is 5.94. The first kappa shape index (κ1) is 31.1. The molecule has 3 rings (SSSR count). The minimum absolute atomic E-state index is 0.0335. The molecule has 0 aliphatic heterocycles. The summed E-state index contributed by atoms with van der Waals surface area (Å²) in [6.45, 7) is 7.36. The second kappa shape index (κ2) is 13.8. The van der Waals surface area contributed by atoms with Crippen LogP contribution in [0.15, 0.2) is 53.1 Å². The van der Waals surface area contributed by atoms with Crippen LogP contribution >= 0.6 is 0 Å². The van der Waals surface area contributed by atoms with Crippen molar-refractivity contribution in [3.05, 3.63) is 71.2 Å². The standard InChI is InChI=1S/C30H37FN4O6/c1-7-30(3,4)33-29(38)27(22-9-8-10-23(39-5)28(22)40-6)35(18-20-11-13-21(31)14-12-20)26(37)16-15-25(36)32-24-17-19(2)41-34-24/h8-14,17,27H,7,15-16,18H2,1-6H3,(H,33,38)(H,32,34,36)/t27-/m1/s1. The number of anilines is 1. The Morgan fingerprint density at radius 3 is 2.37 bits per heavy atom. The molecule has 2 N–H and O–H groups in total. The third-order valence-electron chi connectivity index (χ3n) is 6.68. The topological polar surface area (TPSA) is 123 Å². The monoisotopic (exact) mass is 568 g/mol. The number of carbonyl (C=O) groups is 3. The lowest BCUT2D eigenvalue weighted by atomic mass is 9.97. The van der Waals surface area contributed by atoms with E-state index in [1.165, 1.54) is 31.3 Å². The Morgan fingerprint density at radius 1 is 1.07 bits per heavy atom. The Hall–Kier alpha value is -4.41. The molecule has 0 saturated carbocycles. The van der Waals surface area contributed by atoms with Gasteiger partial charge in [0.15, 0.2) is 17.3 Å². The van der Waals surface area contributed by atoms with Gasteiger partial charge in [0, 0.05) is 36.6 Å². The van der Waals surface area contributed by atoms with Crippen LogP contribution in [0.5, 0.6) is 11.5 Å². The lowest BCUT2D eigenvalue weighted by Crippen LogP contribution is -2.50. The third-order valence-corrected chi connectivity index (χ3v) is 6.68. The molecule has 0 aliphatic carbocycles. The summed E-state index contributed by atoms with van der Waals surface area (Å²) in [5.74, 6) is -0.349. The minimum atomic E-state index is -1.16. The van der Waals surface area contributed by atoms with E-state index in [2.05, 4.69) is 15.8 Å². The Kier molecular flexibility index (Phi) is 10.5. The molecule has 3 aromatic rings. The number of carbonyl (C=O) groups excluding carboxylic acids is 3. The molecule has 2 aromatic carbocycles. The normalized spacial score (nSPS) is 11.9. The number of aryl methyl sites for hydroxylation is 1. The van der Waals surface area contributed by atoms with E-state index in [4.69, 9.17) is 14.0 Å². The van der Waals surface area contributed by atoms with Gasteiger partial charge in [0.25, 0.3) is 0 Å². The zero-order valence-electron chi connectivity index (χ0n) is 24.2. The summed E-state index contributed by atoms with van der Waals surface area (Å²) in [5, 5.41) is 9.37. The molecule has 0 spiro atoms. The van der Waals surface area contributed by atoms with Gasteiger partial charge in [0.1, 0.15) is 17.6 Å². The highest BCUT2D eigenvalue weighted by atomic mass is 19.1. The predicted octanol–water partition coefficient (Wildman–Crippen LogP) is 4.93. The van der Waals surface area contributed by atoms with Crippen LogP contribution in [-0.4, -0.2) is 47.5 Å². The van der Waals surface area contributed by atoms with Crippen molar-refractivity contribution in [2.75, 3.05) is 19.5 Å². The van der Waals surface area contributed by atoms with Crippen molar-refractivity contribution in [1.29, 1.82) is 0 Å². The molecular weight excluding hydrogens is 531 g/mol. The van der Waals surface area contributed by atoms with Crippen molar-refractivity contribution in [2.24, 2.45) is 0 Å². The van der Waals surface area contributed by atoms with Gasteiger partial charge in [-0.15, -0.1) is 0 Å². The molecule has 11 heteroatoms. The Morgan fingerprint density at radius 2 is 1.78 bits per heavy atom. The van der Waals surface area contributed by atoms with E-state index < -0.39 is 35.1 Å². The van der Waals surface area contributed by atoms with E-state index in [1.54, 1.807) is 43.3 Å². The van der Waals surface area contributed by atoms with Crippen molar-refractivity contribution >= 4 is 23.5 Å². The lowest BCUT2D eigenvalue weighted by molar-refractivity contribution is -0.143. The molecule has 3 amide bonds. The van der Waals surface area contributed by atoms with Crippen molar-refractivity contribution in [2.45, 2.75) is 65.1 Å². The number of amides is 3. The zero-order chi connectivity index (χ0) is 30.2. The van der Waals surface area contributed by atoms with Crippen molar-refractivity contribution in [3.63, 3.8) is 0 Å². The number of aromatic nitrogens is 1. The minimum Gasteiger partial charge on any atom is -0.493 e. The number of nitrogens with zero attached hydrogens (tertiary/aromatic N) is 2. The number of methoxy groups -OCH3 is 2. The van der Waals surface area contributed by atoms with E-state index in [9.17, 15) is 18.8 Å². The summed E-state index contributed by atoms with van der Waals surface area (Å²) in [5.41, 5.74) is 0.410. The molecule has 0 unspecified atom stereocenters. The highest BCUT2D eigenvalue weighted by Crippen LogP contribution is 2.38. The van der Waals surface area contributed by atoms with Gasteiger partial charge >= 0.3 is 0 Å². The van der Waals surface area contributed by atoms with Gasteiger partial charge in [-0.25, -0.2) is 4.39 Å². The fraction of sp³-hybridized carbons (Fsp3) is 0.400. The quantitative estimate of drug-likeness (QED) is 0.300. The van der Waals surface area contributed by atoms with E-state index >= 15 is 0 Å². The highest BCUT2D eigenvalue weighted by Gasteiger charge is 2.36. The maximum Gasteiger partial charge on any atom is 0.248 e. The van der Waals surface area contributed by atoms with Crippen LogP contribution < -0.4 is 20.1 Å². The van der Waals surface area contributed by atoms with E-state index in [1.807, 2.05) is 20.8 Å². The second-order valence-corrected chi connectivity index (χ2v) is 10.2. The smallest absolute Gasteiger partial charge is 0.248 e. The average molecular weight is 569 g/mol. The van der Waals surface area contributed by atoms with Crippen LogP contribution in [0.3, 0.4) is 0 Å². The predicted molar refractivity (Wildman–Crippen MR) is 151 cm³/mol. The number of halogens is 1. The first-order valence-electron chi connectivity index (χ1n) is 13.3. The number of para-hydroxylation sites is 1. The van der Waals surface area contributed by atoms with E-state index in [0.717, 1.165) is 0 Å². The number of rotatable bonds is 13. The number of hydrogen-bond acceptors (Lipinski definition) is 7. The summed E-state index contributed by atoms with van der Waals surface area (Å²) in [6.07, 6.45) is 0.250. The van der Waals surface area contributed by atoms with Crippen LogP contribution in [0.2, 0.25) is 0 Å². The number of nitrogens with one attached hydrogen (secondary N) is 2. The van der Waals surface area contributed by atoms with Crippen molar-refractivity contribution in [1.82, 2.24) is 15.4 Å². The number of ether oxygens (including phenoxy) is 2. The molecule has 41 heavy (non-hydrogen) atoms. The number of benzene rings is 2. The molecule has 1 aromatic heterocycles. The molecule has 0 radical (unpaired) electrons. The van der Waals surface area contributed by atoms with Gasteiger partial charge in [-0.2, -0.15) is 0 Å². The number of hydrogen-bond donors (Lipinski definition) is 2. The van der Waals surface area contributed by atoms with Crippen LogP contribution in [-0.2, 0) is 20.9 Å². The largest absolute Gasteiger partial charge is 0.493 e. The molecule has 1 atom stereocenters. The fourth-order valence-electron chi connectivity index (χ4n) is 4.17. The lowest BCUT2D eigenvalue weighted by Gasteiger charge is -2.35. The van der Waals surface area contributed by atoms with Crippen LogP contribution in [0, 0.1) is 12.7 Å². The zero-order valence-corrected chi connectivity index (χ0v) is 24.2. The molecule has 0 saturated heterocycles. The van der Waals surface area contributed by atoms with Gasteiger partial charge in [0.2, 0.25) is 17.7 Å². The second-order valence-electron chi connectivity index (χ2n) is 10.2. The summed E-state index contributed by atoms with van der Waals surface area (Å²) >= 11 is 0. The first-order valence-corrected chi connectivity index (χ1v) is 13.3. The third kappa shape index (κ3) is 8.29. The Labute approximate surface area is 239 Å². The van der Waals surface area contributed by atoms with Gasteiger partial charge in [-0.1, -0.05) is 36.3 Å². The molecule has 0 fully saturated rings. The van der Waals surface area contributed by atoms with Gasteiger partial charge in [0.05, 0.1) is 14.2 Å².